The predicted octanol–water partition coefficient (Wildman–Crippen LogP) is 2.69. The van der Waals surface area contributed by atoms with Crippen molar-refractivity contribution >= 4 is 12.6 Å². The fourth-order valence-electron chi connectivity index (χ4n) is 1.79. The second-order valence-electron chi connectivity index (χ2n) is 4.23. The number of rotatable bonds is 9. The van der Waals surface area contributed by atoms with Crippen molar-refractivity contribution in [3.05, 3.63) is 0 Å². The lowest BCUT2D eigenvalue weighted by Gasteiger charge is -2.35. The minimum Gasteiger partial charge on any atom is -0.383 e. The Morgan fingerprint density at radius 3 is 2.13 bits per heavy atom. The Morgan fingerprint density at radius 1 is 1.20 bits per heavy atom. The van der Waals surface area contributed by atoms with Gasteiger partial charge in [0, 0.05) is 20.2 Å². The van der Waals surface area contributed by atoms with Gasteiger partial charge in [-0.05, 0) is 30.6 Å². The first-order valence-electron chi connectivity index (χ1n) is 6.00. The second-order valence-corrected chi connectivity index (χ2v) is 4.54. The van der Waals surface area contributed by atoms with Crippen LogP contribution in [0.15, 0.2) is 0 Å². The van der Waals surface area contributed by atoms with E-state index in [2.05, 4.69) is 38.3 Å². The maximum absolute atomic E-state index is 5.13. The number of hydrogen-bond donors (Lipinski definition) is 1. The molecule has 0 aliphatic carbocycles. The third-order valence-corrected chi connectivity index (χ3v) is 4.12. The zero-order valence-electron chi connectivity index (χ0n) is 10.8. The van der Waals surface area contributed by atoms with E-state index in [9.17, 15) is 0 Å². The molecule has 0 bridgehead atoms. The topological polar surface area (TPSA) is 12.5 Å². The summed E-state index contributed by atoms with van der Waals surface area (Å²) in [7, 11) is 1.76. The molecule has 3 heteroatoms. The SMILES string of the molecule is CCN(CCOC)CC(CC)(CC)CS. The molecule has 0 aliphatic heterocycles. The lowest BCUT2D eigenvalue weighted by Crippen LogP contribution is -2.40. The Labute approximate surface area is 101 Å². The van der Waals surface area contributed by atoms with Crippen molar-refractivity contribution in [2.45, 2.75) is 33.6 Å². The fourth-order valence-corrected chi connectivity index (χ4v) is 2.34. The normalized spacial score (nSPS) is 12.4. The zero-order valence-corrected chi connectivity index (χ0v) is 11.6. The molecule has 0 aromatic rings. The molecule has 0 amide bonds. The Kier molecular flexibility index (Phi) is 8.58. The van der Waals surface area contributed by atoms with E-state index in [1.165, 1.54) is 12.8 Å². The third kappa shape index (κ3) is 5.23. The fraction of sp³-hybridized carbons (Fsp3) is 1.00. The monoisotopic (exact) mass is 233 g/mol. The Hall–Kier alpha value is 0.270. The molecule has 0 aliphatic rings. The molecule has 15 heavy (non-hydrogen) atoms. The first-order chi connectivity index (χ1) is 7.17. The molecular weight excluding hydrogens is 206 g/mol. The van der Waals surface area contributed by atoms with Crippen LogP contribution >= 0.6 is 12.6 Å². The van der Waals surface area contributed by atoms with Gasteiger partial charge in [0.15, 0.2) is 0 Å². The molecule has 0 radical (unpaired) electrons. The van der Waals surface area contributed by atoms with Crippen LogP contribution < -0.4 is 0 Å². The summed E-state index contributed by atoms with van der Waals surface area (Å²) in [6, 6.07) is 0. The van der Waals surface area contributed by atoms with E-state index in [0.717, 1.165) is 32.0 Å². The quantitative estimate of drug-likeness (QED) is 0.615. The van der Waals surface area contributed by atoms with Crippen molar-refractivity contribution in [3.8, 4) is 0 Å². The highest BCUT2D eigenvalue weighted by molar-refractivity contribution is 7.80. The van der Waals surface area contributed by atoms with Gasteiger partial charge in [-0.1, -0.05) is 20.8 Å². The smallest absolute Gasteiger partial charge is 0.0589 e. The van der Waals surface area contributed by atoms with Crippen LogP contribution in [0.4, 0.5) is 0 Å². The first-order valence-corrected chi connectivity index (χ1v) is 6.63. The number of hydrogen-bond acceptors (Lipinski definition) is 3. The minimum atomic E-state index is 0.382. The van der Waals surface area contributed by atoms with Crippen molar-refractivity contribution < 1.29 is 4.74 Å². The van der Waals surface area contributed by atoms with Gasteiger partial charge in [-0.2, -0.15) is 12.6 Å². The van der Waals surface area contributed by atoms with Crippen LogP contribution in [0, 0.1) is 5.41 Å². The number of likely N-dealkylation sites (N-methyl/N-ethyl adjacent to an activating group) is 1. The Balaban J connectivity index is 4.21. The first kappa shape index (κ1) is 15.3. The van der Waals surface area contributed by atoms with E-state index in [4.69, 9.17) is 4.74 Å². The molecule has 0 atom stereocenters. The van der Waals surface area contributed by atoms with Gasteiger partial charge < -0.3 is 9.64 Å². The van der Waals surface area contributed by atoms with E-state index in [1.54, 1.807) is 7.11 Å². The van der Waals surface area contributed by atoms with Crippen LogP contribution in [-0.4, -0.2) is 44.0 Å². The molecular formula is C12H27NOS. The number of methoxy groups -OCH3 is 1. The molecule has 0 saturated carbocycles. The molecule has 0 aromatic heterocycles. The van der Waals surface area contributed by atoms with Crippen LogP contribution in [0.1, 0.15) is 33.6 Å². The zero-order chi connectivity index (χ0) is 11.7. The molecule has 0 spiro atoms. The molecule has 0 heterocycles. The van der Waals surface area contributed by atoms with E-state index in [-0.39, 0.29) is 0 Å². The van der Waals surface area contributed by atoms with Crippen LogP contribution in [0.25, 0.3) is 0 Å². The summed E-state index contributed by atoms with van der Waals surface area (Å²) in [5, 5.41) is 0. The lowest BCUT2D eigenvalue weighted by atomic mass is 9.84. The van der Waals surface area contributed by atoms with Crippen LogP contribution in [-0.2, 0) is 4.74 Å². The number of nitrogens with zero attached hydrogens (tertiary/aromatic N) is 1. The van der Waals surface area contributed by atoms with E-state index < -0.39 is 0 Å². The molecule has 0 aromatic carbocycles. The third-order valence-electron chi connectivity index (χ3n) is 3.45. The Bertz CT molecular complexity index is 140. The molecule has 92 valence electrons. The van der Waals surface area contributed by atoms with Crippen molar-refractivity contribution in [3.63, 3.8) is 0 Å². The van der Waals surface area contributed by atoms with Gasteiger partial charge in [0.25, 0.3) is 0 Å². The van der Waals surface area contributed by atoms with Crippen molar-refractivity contribution in [2.24, 2.45) is 5.41 Å². The van der Waals surface area contributed by atoms with Crippen molar-refractivity contribution in [1.29, 1.82) is 0 Å². The van der Waals surface area contributed by atoms with Gasteiger partial charge in [0.2, 0.25) is 0 Å². The van der Waals surface area contributed by atoms with E-state index in [1.807, 2.05) is 0 Å². The summed E-state index contributed by atoms with van der Waals surface area (Å²) in [6.07, 6.45) is 2.41. The van der Waals surface area contributed by atoms with Gasteiger partial charge in [-0.25, -0.2) is 0 Å². The number of ether oxygens (including phenoxy) is 1. The summed E-state index contributed by atoms with van der Waals surface area (Å²) in [6.45, 7) is 10.8. The Morgan fingerprint density at radius 2 is 1.80 bits per heavy atom. The highest BCUT2D eigenvalue weighted by atomic mass is 32.1. The summed E-state index contributed by atoms with van der Waals surface area (Å²) in [5.41, 5.74) is 0.382. The van der Waals surface area contributed by atoms with Crippen LogP contribution in [0.2, 0.25) is 0 Å². The van der Waals surface area contributed by atoms with Gasteiger partial charge in [-0.3, -0.25) is 0 Å². The second kappa shape index (κ2) is 8.43. The van der Waals surface area contributed by atoms with Crippen LogP contribution in [0.5, 0.6) is 0 Å². The average molecular weight is 233 g/mol. The van der Waals surface area contributed by atoms with E-state index in [0.29, 0.717) is 5.41 Å². The number of thiol groups is 1. The molecule has 0 fully saturated rings. The van der Waals surface area contributed by atoms with Gasteiger partial charge in [-0.15, -0.1) is 0 Å². The van der Waals surface area contributed by atoms with Crippen molar-refractivity contribution in [2.75, 3.05) is 39.1 Å². The summed E-state index contributed by atoms with van der Waals surface area (Å²) >= 11 is 4.51. The molecule has 0 unspecified atom stereocenters. The lowest BCUT2D eigenvalue weighted by molar-refractivity contribution is 0.113. The van der Waals surface area contributed by atoms with Gasteiger partial charge in [0.05, 0.1) is 6.61 Å². The van der Waals surface area contributed by atoms with Gasteiger partial charge >= 0.3 is 0 Å². The summed E-state index contributed by atoms with van der Waals surface area (Å²) < 4.78 is 5.13. The summed E-state index contributed by atoms with van der Waals surface area (Å²) in [4.78, 5) is 2.46. The van der Waals surface area contributed by atoms with E-state index >= 15 is 0 Å². The predicted molar refractivity (Wildman–Crippen MR) is 70.9 cm³/mol. The van der Waals surface area contributed by atoms with Gasteiger partial charge in [0.1, 0.15) is 0 Å². The maximum Gasteiger partial charge on any atom is 0.0589 e. The maximum atomic E-state index is 5.13. The molecule has 0 N–H and O–H groups in total. The molecule has 2 nitrogen and oxygen atoms in total. The minimum absolute atomic E-state index is 0.382. The highest BCUT2D eigenvalue weighted by Gasteiger charge is 2.26. The molecule has 0 rings (SSSR count). The highest BCUT2D eigenvalue weighted by Crippen LogP contribution is 2.28. The summed E-state index contributed by atoms with van der Waals surface area (Å²) in [5.74, 6) is 0.976. The molecule has 0 saturated heterocycles. The van der Waals surface area contributed by atoms with Crippen LogP contribution in [0.3, 0.4) is 0 Å². The largest absolute Gasteiger partial charge is 0.383 e. The average Bonchev–Trinajstić information content (AvgIpc) is 2.30. The standard InChI is InChI=1S/C12H27NOS/c1-5-12(6-2,11-15)10-13(7-3)8-9-14-4/h15H,5-11H2,1-4H3. The van der Waals surface area contributed by atoms with Crippen molar-refractivity contribution in [1.82, 2.24) is 4.90 Å².